The van der Waals surface area contributed by atoms with Gasteiger partial charge in [-0.3, -0.25) is 29.1 Å². The van der Waals surface area contributed by atoms with Crippen molar-refractivity contribution in [3.63, 3.8) is 0 Å². The van der Waals surface area contributed by atoms with Crippen LogP contribution in [0.4, 0.5) is 5.69 Å². The summed E-state index contributed by atoms with van der Waals surface area (Å²) in [5.74, 6) is -1.82. The largest absolute Gasteiger partial charge is 0.481 e. The number of aliphatic carboxylic acids is 1. The molecule has 1 aromatic heterocycles. The minimum atomic E-state index is -0.883. The van der Waals surface area contributed by atoms with Crippen LogP contribution in [0.3, 0.4) is 0 Å². The first kappa shape index (κ1) is 15.7. The molecule has 1 aliphatic carbocycles. The molecule has 0 unspecified atom stereocenters. The zero-order valence-corrected chi connectivity index (χ0v) is 11.6. The standard InChI is InChI=1S/C13H15N3O6/c17-11(14-9-2-1-8(5-9)13(19)20)7-15-6-10(16(21)22)3-4-12(15)18/h3-4,6,8-9H,1-2,5,7H2,(H,14,17)(H,19,20)/t8-,9+/m1/s1. The van der Waals surface area contributed by atoms with Gasteiger partial charge in [0.2, 0.25) is 5.91 Å². The van der Waals surface area contributed by atoms with Gasteiger partial charge in [-0.05, 0) is 19.3 Å². The number of carbonyl (C=O) groups is 2. The van der Waals surface area contributed by atoms with Crippen molar-refractivity contribution in [3.8, 4) is 0 Å². The van der Waals surface area contributed by atoms with Crippen molar-refractivity contribution in [1.82, 2.24) is 9.88 Å². The van der Waals surface area contributed by atoms with E-state index in [2.05, 4.69) is 5.32 Å². The second kappa shape index (κ2) is 6.37. The summed E-state index contributed by atoms with van der Waals surface area (Å²) >= 11 is 0. The lowest BCUT2D eigenvalue weighted by atomic mass is 10.1. The average Bonchev–Trinajstić information content (AvgIpc) is 2.89. The topological polar surface area (TPSA) is 132 Å². The molecule has 0 aliphatic heterocycles. The van der Waals surface area contributed by atoms with Crippen LogP contribution in [-0.4, -0.2) is 32.5 Å². The van der Waals surface area contributed by atoms with E-state index in [-0.39, 0.29) is 18.3 Å². The number of hydrogen-bond acceptors (Lipinski definition) is 5. The van der Waals surface area contributed by atoms with Crippen molar-refractivity contribution in [2.24, 2.45) is 5.92 Å². The fraction of sp³-hybridized carbons (Fsp3) is 0.462. The molecule has 1 fully saturated rings. The first-order chi connectivity index (χ1) is 10.4. The van der Waals surface area contributed by atoms with Crippen LogP contribution < -0.4 is 10.9 Å². The summed E-state index contributed by atoms with van der Waals surface area (Å²) < 4.78 is 0.955. The lowest BCUT2D eigenvalue weighted by Crippen LogP contribution is -2.37. The first-order valence-corrected chi connectivity index (χ1v) is 6.74. The number of aromatic nitrogens is 1. The Hall–Kier alpha value is -2.71. The van der Waals surface area contributed by atoms with Crippen molar-refractivity contribution in [2.45, 2.75) is 31.8 Å². The molecule has 2 atom stereocenters. The van der Waals surface area contributed by atoms with Crippen LogP contribution in [0.1, 0.15) is 19.3 Å². The molecule has 2 N–H and O–H groups in total. The van der Waals surface area contributed by atoms with Gasteiger partial charge in [0.25, 0.3) is 11.2 Å². The van der Waals surface area contributed by atoms with Crippen molar-refractivity contribution >= 4 is 17.6 Å². The number of carboxylic acid groups (broad SMARTS) is 1. The van der Waals surface area contributed by atoms with E-state index in [0.717, 1.165) is 22.9 Å². The first-order valence-electron chi connectivity index (χ1n) is 6.74. The summed E-state index contributed by atoms with van der Waals surface area (Å²) in [4.78, 5) is 44.3. The summed E-state index contributed by atoms with van der Waals surface area (Å²) in [5, 5.41) is 22.2. The van der Waals surface area contributed by atoms with Gasteiger partial charge in [-0.25, -0.2) is 0 Å². The number of nitrogens with zero attached hydrogens (tertiary/aromatic N) is 2. The second-order valence-corrected chi connectivity index (χ2v) is 5.22. The minimum absolute atomic E-state index is 0.247. The summed E-state index contributed by atoms with van der Waals surface area (Å²) in [6.07, 6.45) is 2.42. The zero-order valence-electron chi connectivity index (χ0n) is 11.6. The summed E-state index contributed by atoms with van der Waals surface area (Å²) in [6.45, 7) is -0.339. The average molecular weight is 309 g/mol. The van der Waals surface area contributed by atoms with Crippen molar-refractivity contribution in [3.05, 3.63) is 38.8 Å². The third-order valence-electron chi connectivity index (χ3n) is 3.64. The smallest absolute Gasteiger partial charge is 0.306 e. The maximum atomic E-state index is 11.9. The van der Waals surface area contributed by atoms with Crippen LogP contribution in [0.5, 0.6) is 0 Å². The highest BCUT2D eigenvalue weighted by Gasteiger charge is 2.30. The van der Waals surface area contributed by atoms with Crippen molar-refractivity contribution in [2.75, 3.05) is 0 Å². The highest BCUT2D eigenvalue weighted by molar-refractivity contribution is 5.76. The molecule has 1 aliphatic rings. The maximum Gasteiger partial charge on any atom is 0.306 e. The molecule has 22 heavy (non-hydrogen) atoms. The Kier molecular flexibility index (Phi) is 4.54. The fourth-order valence-electron chi connectivity index (χ4n) is 2.52. The van der Waals surface area contributed by atoms with Gasteiger partial charge in [0.05, 0.1) is 17.0 Å². The predicted octanol–water partition coefficient (Wildman–Crippen LogP) is 0.126. The SMILES string of the molecule is O=C(Cn1cc([N+](=O)[O-])ccc1=O)N[C@H]1CC[C@@H](C(=O)O)C1. The van der Waals surface area contributed by atoms with E-state index >= 15 is 0 Å². The van der Waals surface area contributed by atoms with Gasteiger partial charge in [0.1, 0.15) is 6.54 Å². The molecule has 0 radical (unpaired) electrons. The molecule has 1 aromatic rings. The van der Waals surface area contributed by atoms with Crippen LogP contribution >= 0.6 is 0 Å². The fourth-order valence-corrected chi connectivity index (χ4v) is 2.52. The monoisotopic (exact) mass is 309 g/mol. The molecule has 0 spiro atoms. The predicted molar refractivity (Wildman–Crippen MR) is 74.3 cm³/mol. The molecule has 9 heteroatoms. The van der Waals surface area contributed by atoms with Crippen molar-refractivity contribution in [1.29, 1.82) is 0 Å². The van der Waals surface area contributed by atoms with E-state index in [1.165, 1.54) is 0 Å². The van der Waals surface area contributed by atoms with Gasteiger partial charge in [-0.15, -0.1) is 0 Å². The Morgan fingerprint density at radius 1 is 1.41 bits per heavy atom. The number of nitro groups is 1. The van der Waals surface area contributed by atoms with Crippen LogP contribution in [-0.2, 0) is 16.1 Å². The molecule has 1 heterocycles. The number of nitrogens with one attached hydrogen (secondary N) is 1. The van der Waals surface area contributed by atoms with E-state index in [9.17, 15) is 24.5 Å². The molecule has 0 aromatic carbocycles. The molecule has 1 saturated carbocycles. The number of carbonyl (C=O) groups excluding carboxylic acids is 1. The molecule has 0 bridgehead atoms. The van der Waals surface area contributed by atoms with E-state index in [4.69, 9.17) is 5.11 Å². The highest BCUT2D eigenvalue weighted by atomic mass is 16.6. The lowest BCUT2D eigenvalue weighted by Gasteiger charge is -2.13. The van der Waals surface area contributed by atoms with Gasteiger partial charge in [0.15, 0.2) is 0 Å². The molecular formula is C13H15N3O6. The molecular weight excluding hydrogens is 294 g/mol. The normalized spacial score (nSPS) is 20.5. The Morgan fingerprint density at radius 3 is 2.73 bits per heavy atom. The molecule has 9 nitrogen and oxygen atoms in total. The lowest BCUT2D eigenvalue weighted by molar-refractivity contribution is -0.385. The van der Waals surface area contributed by atoms with Crippen LogP contribution in [0, 0.1) is 16.0 Å². The van der Waals surface area contributed by atoms with E-state index in [1.54, 1.807) is 0 Å². The van der Waals surface area contributed by atoms with Crippen LogP contribution in [0.15, 0.2) is 23.1 Å². The third kappa shape index (κ3) is 3.68. The van der Waals surface area contributed by atoms with Gasteiger partial charge < -0.3 is 10.4 Å². The van der Waals surface area contributed by atoms with E-state index in [0.29, 0.717) is 19.3 Å². The minimum Gasteiger partial charge on any atom is -0.481 e. The highest BCUT2D eigenvalue weighted by Crippen LogP contribution is 2.25. The van der Waals surface area contributed by atoms with E-state index in [1.807, 2.05) is 0 Å². The van der Waals surface area contributed by atoms with E-state index < -0.39 is 28.3 Å². The Bertz CT molecular complexity index is 668. The Labute approximate surface area is 124 Å². The molecule has 118 valence electrons. The summed E-state index contributed by atoms with van der Waals surface area (Å²) in [7, 11) is 0. The maximum absolute atomic E-state index is 11.9. The number of hydrogen-bond donors (Lipinski definition) is 2. The Morgan fingerprint density at radius 2 is 2.14 bits per heavy atom. The summed E-state index contributed by atoms with van der Waals surface area (Å²) in [6, 6.07) is 1.86. The molecule has 0 saturated heterocycles. The second-order valence-electron chi connectivity index (χ2n) is 5.22. The quantitative estimate of drug-likeness (QED) is 0.587. The zero-order chi connectivity index (χ0) is 16.3. The number of carboxylic acids is 1. The number of rotatable bonds is 5. The Balaban J connectivity index is 1.98. The molecule has 2 rings (SSSR count). The third-order valence-corrected chi connectivity index (χ3v) is 3.64. The van der Waals surface area contributed by atoms with Crippen LogP contribution in [0.2, 0.25) is 0 Å². The number of amides is 1. The summed E-state index contributed by atoms with van der Waals surface area (Å²) in [5.41, 5.74) is -0.796. The van der Waals surface area contributed by atoms with Crippen LogP contribution in [0.25, 0.3) is 0 Å². The van der Waals surface area contributed by atoms with Gasteiger partial charge in [-0.1, -0.05) is 0 Å². The molecule has 1 amide bonds. The number of pyridine rings is 1. The van der Waals surface area contributed by atoms with Crippen molar-refractivity contribution < 1.29 is 19.6 Å². The van der Waals surface area contributed by atoms with Gasteiger partial charge >= 0.3 is 5.97 Å². The van der Waals surface area contributed by atoms with Gasteiger partial charge in [-0.2, -0.15) is 0 Å². The van der Waals surface area contributed by atoms with Gasteiger partial charge in [0, 0.05) is 18.2 Å².